The molecule has 0 spiro atoms. The maximum Gasteiger partial charge on any atom is 0.410 e. The third-order valence-corrected chi connectivity index (χ3v) is 8.96. The van der Waals surface area contributed by atoms with Crippen LogP contribution in [0, 0.1) is 11.3 Å². The smallest absolute Gasteiger partial charge is 0.410 e. The first-order valence-corrected chi connectivity index (χ1v) is 16.1. The van der Waals surface area contributed by atoms with E-state index in [2.05, 4.69) is 11.0 Å². The fourth-order valence-corrected chi connectivity index (χ4v) is 6.59. The van der Waals surface area contributed by atoms with Gasteiger partial charge in [-0.3, -0.25) is 4.79 Å². The molecule has 9 nitrogen and oxygen atoms in total. The van der Waals surface area contributed by atoms with E-state index in [4.69, 9.17) is 26.3 Å². The lowest BCUT2D eigenvalue weighted by molar-refractivity contribution is -0.118. The van der Waals surface area contributed by atoms with Crippen LogP contribution >= 0.6 is 23.4 Å². The summed E-state index contributed by atoms with van der Waals surface area (Å²) in [5.41, 5.74) is 3.36. The van der Waals surface area contributed by atoms with E-state index in [-0.39, 0.29) is 37.9 Å². The number of piperazine rings is 1. The van der Waals surface area contributed by atoms with Gasteiger partial charge < -0.3 is 19.4 Å². The first-order valence-electron chi connectivity index (χ1n) is 14.5. The van der Waals surface area contributed by atoms with E-state index in [0.29, 0.717) is 36.2 Å². The number of carbonyl (C=O) groups excluding carboxylic acids is 2. The summed E-state index contributed by atoms with van der Waals surface area (Å²) < 4.78 is 5.61. The summed E-state index contributed by atoms with van der Waals surface area (Å²) in [4.78, 5) is 42.0. The Morgan fingerprint density at radius 1 is 1.07 bits per heavy atom. The lowest BCUT2D eigenvalue weighted by Crippen LogP contribution is -2.55. The molecule has 11 heteroatoms. The topological polar surface area (TPSA) is 103 Å². The number of anilines is 2. The number of fused-ring (bicyclic) bond motifs is 2. The largest absolute Gasteiger partial charge is 0.445 e. The standard InChI is InChI=1S/C33H31ClN6O3S/c1-44-32-36-27-20-40(28-12-6-10-23-9-5-11-26(34)30(23)28)29(41)14-13-25(27)31(37-32)38-17-18-39(24(19-38)15-16-35)33(42)43-21-22-7-3-2-4-8-22/h2-12,24H,13-15,17-21H2,1H3/t24-/m0/s1. The molecule has 44 heavy (non-hydrogen) atoms. The number of hydrogen-bond donors (Lipinski definition) is 0. The zero-order valence-corrected chi connectivity index (χ0v) is 25.9. The highest BCUT2D eigenvalue weighted by Gasteiger charge is 2.35. The van der Waals surface area contributed by atoms with Gasteiger partial charge in [0.15, 0.2) is 5.16 Å². The van der Waals surface area contributed by atoms with E-state index >= 15 is 0 Å². The Bertz CT molecular complexity index is 1740. The highest BCUT2D eigenvalue weighted by Crippen LogP contribution is 2.37. The van der Waals surface area contributed by atoms with Gasteiger partial charge in [-0.05, 0) is 35.8 Å². The van der Waals surface area contributed by atoms with Crippen molar-refractivity contribution in [1.29, 1.82) is 5.26 Å². The van der Waals surface area contributed by atoms with E-state index in [1.54, 1.807) is 9.80 Å². The number of carbonyl (C=O) groups is 2. The number of nitrogens with zero attached hydrogens (tertiary/aromatic N) is 6. The number of hydrogen-bond acceptors (Lipinski definition) is 8. The van der Waals surface area contributed by atoms with Crippen molar-refractivity contribution >= 4 is 57.6 Å². The summed E-state index contributed by atoms with van der Waals surface area (Å²) in [6, 6.07) is 23.0. The van der Waals surface area contributed by atoms with Crippen molar-refractivity contribution in [2.24, 2.45) is 0 Å². The second kappa shape index (κ2) is 13.1. The average molecular weight is 627 g/mol. The number of benzene rings is 3. The van der Waals surface area contributed by atoms with Gasteiger partial charge in [0.25, 0.3) is 0 Å². The maximum absolute atomic E-state index is 13.6. The highest BCUT2D eigenvalue weighted by molar-refractivity contribution is 7.98. The van der Waals surface area contributed by atoms with Crippen molar-refractivity contribution < 1.29 is 14.3 Å². The van der Waals surface area contributed by atoms with Crippen molar-refractivity contribution in [3.63, 3.8) is 0 Å². The van der Waals surface area contributed by atoms with Crippen LogP contribution < -0.4 is 9.80 Å². The Morgan fingerprint density at radius 2 is 1.86 bits per heavy atom. The highest BCUT2D eigenvalue weighted by atomic mass is 35.5. The van der Waals surface area contributed by atoms with Crippen LogP contribution in [0.25, 0.3) is 10.8 Å². The summed E-state index contributed by atoms with van der Waals surface area (Å²) >= 11 is 8.08. The molecule has 3 aromatic carbocycles. The first kappa shape index (κ1) is 29.7. The Balaban J connectivity index is 1.28. The van der Waals surface area contributed by atoms with E-state index < -0.39 is 6.09 Å². The second-order valence-corrected chi connectivity index (χ2v) is 11.9. The zero-order valence-electron chi connectivity index (χ0n) is 24.3. The lowest BCUT2D eigenvalue weighted by atomic mass is 10.1. The zero-order chi connectivity index (χ0) is 30.6. The van der Waals surface area contributed by atoms with Gasteiger partial charge in [0.2, 0.25) is 5.91 Å². The molecular weight excluding hydrogens is 596 g/mol. The van der Waals surface area contributed by atoms with Gasteiger partial charge in [-0.15, -0.1) is 0 Å². The molecular formula is C33H31ClN6O3S. The summed E-state index contributed by atoms with van der Waals surface area (Å²) in [5, 5.41) is 12.6. The van der Waals surface area contributed by atoms with E-state index in [1.807, 2.05) is 73.0 Å². The molecule has 1 aromatic heterocycles. The summed E-state index contributed by atoms with van der Waals surface area (Å²) in [5.74, 6) is 0.741. The van der Waals surface area contributed by atoms with Gasteiger partial charge in [0, 0.05) is 37.0 Å². The predicted molar refractivity (Wildman–Crippen MR) is 172 cm³/mol. The van der Waals surface area contributed by atoms with E-state index in [0.717, 1.165) is 39.1 Å². The molecule has 0 unspecified atom stereocenters. The van der Waals surface area contributed by atoms with Crippen molar-refractivity contribution in [2.75, 3.05) is 35.7 Å². The SMILES string of the molecule is CSc1nc2c(c(N3CCN(C(=O)OCc4ccccc4)[C@@H](CC#N)C3)n1)CCC(=O)N(c1cccc3cccc(Cl)c13)C2. The van der Waals surface area contributed by atoms with E-state index in [1.165, 1.54) is 11.8 Å². The third kappa shape index (κ3) is 6.03. The van der Waals surface area contributed by atoms with Gasteiger partial charge >= 0.3 is 6.09 Å². The van der Waals surface area contributed by atoms with Gasteiger partial charge in [0.1, 0.15) is 12.4 Å². The summed E-state index contributed by atoms with van der Waals surface area (Å²) in [7, 11) is 0. The Kier molecular flexibility index (Phi) is 8.87. The monoisotopic (exact) mass is 626 g/mol. The van der Waals surface area contributed by atoms with Gasteiger partial charge in [-0.1, -0.05) is 78.0 Å². The first-order chi connectivity index (χ1) is 21.5. The van der Waals surface area contributed by atoms with Crippen LogP contribution in [0.1, 0.15) is 29.7 Å². The molecule has 2 aliphatic heterocycles. The molecule has 2 aliphatic rings. The van der Waals surface area contributed by atoms with Crippen LogP contribution in [-0.2, 0) is 29.1 Å². The summed E-state index contributed by atoms with van der Waals surface area (Å²) in [6.07, 6.45) is 2.42. The molecule has 0 N–H and O–H groups in total. The fraction of sp³-hybridized carbons (Fsp3) is 0.303. The fourth-order valence-electron chi connectivity index (χ4n) is 5.93. The van der Waals surface area contributed by atoms with Crippen LogP contribution in [0.2, 0.25) is 5.02 Å². The lowest BCUT2D eigenvalue weighted by Gasteiger charge is -2.41. The molecule has 1 atom stereocenters. The van der Waals surface area contributed by atoms with Crippen molar-refractivity contribution in [3.05, 3.63) is 88.6 Å². The summed E-state index contributed by atoms with van der Waals surface area (Å²) in [6.45, 7) is 1.77. The minimum absolute atomic E-state index is 0.0135. The van der Waals surface area contributed by atoms with Crippen molar-refractivity contribution in [1.82, 2.24) is 14.9 Å². The predicted octanol–water partition coefficient (Wildman–Crippen LogP) is 6.23. The van der Waals surface area contributed by atoms with Crippen LogP contribution in [0.3, 0.4) is 0 Å². The number of halogens is 1. The van der Waals surface area contributed by atoms with Gasteiger partial charge in [-0.25, -0.2) is 14.8 Å². The van der Waals surface area contributed by atoms with Crippen molar-refractivity contribution in [2.45, 2.75) is 43.6 Å². The molecule has 3 heterocycles. The normalized spacial score (nSPS) is 16.8. The number of ether oxygens (including phenoxy) is 1. The minimum atomic E-state index is -0.435. The van der Waals surface area contributed by atoms with Gasteiger partial charge in [0.05, 0.1) is 41.5 Å². The molecule has 4 aromatic rings. The Morgan fingerprint density at radius 3 is 2.64 bits per heavy atom. The average Bonchev–Trinajstić information content (AvgIpc) is 3.22. The number of rotatable bonds is 6. The van der Waals surface area contributed by atoms with Gasteiger partial charge in [-0.2, -0.15) is 5.26 Å². The number of thioether (sulfide) groups is 1. The van der Waals surface area contributed by atoms with Crippen LogP contribution in [-0.4, -0.2) is 58.8 Å². The molecule has 6 rings (SSSR count). The number of nitriles is 1. The third-order valence-electron chi connectivity index (χ3n) is 8.10. The molecule has 1 saturated heterocycles. The molecule has 0 radical (unpaired) electrons. The molecule has 0 bridgehead atoms. The van der Waals surface area contributed by atoms with Crippen LogP contribution in [0.5, 0.6) is 0 Å². The van der Waals surface area contributed by atoms with E-state index in [9.17, 15) is 14.9 Å². The van der Waals surface area contributed by atoms with Crippen LogP contribution in [0.15, 0.2) is 71.9 Å². The molecule has 0 aliphatic carbocycles. The number of aromatic nitrogens is 2. The Labute approximate surface area is 265 Å². The van der Waals surface area contributed by atoms with Crippen LogP contribution in [0.4, 0.5) is 16.3 Å². The quantitative estimate of drug-likeness (QED) is 0.183. The molecule has 224 valence electrons. The molecule has 0 saturated carbocycles. The molecule has 1 fully saturated rings. The molecule has 2 amide bonds. The minimum Gasteiger partial charge on any atom is -0.445 e. The number of amides is 2. The maximum atomic E-state index is 13.6. The second-order valence-electron chi connectivity index (χ2n) is 10.7. The Hall–Kier alpha value is -4.33. The van der Waals surface area contributed by atoms with Crippen molar-refractivity contribution in [3.8, 4) is 6.07 Å².